The molecule has 10 nitrogen and oxygen atoms in total. The number of allylic oxidation sites excluding steroid dienone is 8. The summed E-state index contributed by atoms with van der Waals surface area (Å²) in [6.45, 7) is 3.26. The van der Waals surface area contributed by atoms with Crippen LogP contribution < -0.4 is 0 Å². The molecule has 0 bridgehead atoms. The molecule has 0 aromatic heterocycles. The van der Waals surface area contributed by atoms with Crippen LogP contribution in [0.1, 0.15) is 162 Å². The van der Waals surface area contributed by atoms with E-state index in [1.807, 2.05) is 0 Å². The summed E-state index contributed by atoms with van der Waals surface area (Å²) in [4.78, 5) is 25.3. The quantitative estimate of drug-likeness (QED) is 0.0285. The minimum atomic E-state index is -1.60. The second-order valence-corrected chi connectivity index (χ2v) is 14.4. The van der Waals surface area contributed by atoms with Gasteiger partial charge in [-0.15, -0.1) is 0 Å². The first-order chi connectivity index (χ1) is 26.3. The monoisotopic (exact) mass is 765 g/mol. The number of ether oxygens (including phenoxy) is 4. The second-order valence-electron chi connectivity index (χ2n) is 14.4. The molecule has 0 aliphatic carbocycles. The molecule has 0 saturated carbocycles. The van der Waals surface area contributed by atoms with Crippen molar-refractivity contribution in [3.05, 3.63) is 48.6 Å². The zero-order valence-electron chi connectivity index (χ0n) is 33.7. The molecule has 1 heterocycles. The van der Waals surface area contributed by atoms with E-state index in [-0.39, 0.29) is 26.1 Å². The Labute approximate surface area is 327 Å². The van der Waals surface area contributed by atoms with Crippen LogP contribution in [0.25, 0.3) is 0 Å². The fourth-order valence-corrected chi connectivity index (χ4v) is 6.08. The van der Waals surface area contributed by atoms with Crippen LogP contribution in [0.4, 0.5) is 0 Å². The van der Waals surface area contributed by atoms with Crippen molar-refractivity contribution >= 4 is 11.9 Å². The summed E-state index contributed by atoms with van der Waals surface area (Å²) in [6.07, 6.45) is 32.6. The maximum atomic E-state index is 12.7. The largest absolute Gasteiger partial charge is 0.462 e. The number of carbonyl (C=O) groups excluding carboxylic acids is 2. The Balaban J connectivity index is 2.38. The highest BCUT2D eigenvalue weighted by atomic mass is 16.7. The van der Waals surface area contributed by atoms with Gasteiger partial charge in [0.1, 0.15) is 31.0 Å². The average molecular weight is 765 g/mol. The average Bonchev–Trinajstić information content (AvgIpc) is 3.17. The number of hydrogen-bond acceptors (Lipinski definition) is 10. The van der Waals surface area contributed by atoms with Gasteiger partial charge in [0, 0.05) is 12.8 Å². The molecule has 10 heteroatoms. The van der Waals surface area contributed by atoms with Crippen molar-refractivity contribution in [3.8, 4) is 0 Å². The number of aliphatic hydroxyl groups is 4. The fourth-order valence-electron chi connectivity index (χ4n) is 6.08. The lowest BCUT2D eigenvalue weighted by Crippen LogP contribution is -2.59. The summed E-state index contributed by atoms with van der Waals surface area (Å²) < 4.78 is 22.1. The smallest absolute Gasteiger partial charge is 0.306 e. The molecule has 312 valence electrons. The molecule has 6 atom stereocenters. The molecule has 1 rings (SSSR count). The Morgan fingerprint density at radius 2 is 1.09 bits per heavy atom. The Hall–Kier alpha value is -2.34. The van der Waals surface area contributed by atoms with Crippen LogP contribution >= 0.6 is 0 Å². The molecule has 1 saturated heterocycles. The van der Waals surface area contributed by atoms with Gasteiger partial charge in [0.05, 0.1) is 13.2 Å². The van der Waals surface area contributed by atoms with Gasteiger partial charge >= 0.3 is 11.9 Å². The topological polar surface area (TPSA) is 152 Å². The van der Waals surface area contributed by atoms with Gasteiger partial charge in [-0.2, -0.15) is 0 Å². The third-order valence-corrected chi connectivity index (χ3v) is 9.45. The van der Waals surface area contributed by atoms with Crippen LogP contribution in [-0.4, -0.2) is 89.0 Å². The number of carbonyl (C=O) groups is 2. The van der Waals surface area contributed by atoms with Crippen LogP contribution in [0.2, 0.25) is 0 Å². The lowest BCUT2D eigenvalue weighted by Gasteiger charge is -2.39. The van der Waals surface area contributed by atoms with Crippen molar-refractivity contribution in [2.45, 2.75) is 198 Å². The number of hydrogen-bond donors (Lipinski definition) is 4. The van der Waals surface area contributed by atoms with Gasteiger partial charge in [0.2, 0.25) is 0 Å². The Kier molecular flexibility index (Phi) is 32.3. The van der Waals surface area contributed by atoms with Gasteiger partial charge in [0.15, 0.2) is 12.4 Å². The highest BCUT2D eigenvalue weighted by Gasteiger charge is 2.44. The summed E-state index contributed by atoms with van der Waals surface area (Å²) in [5, 5.41) is 40.0. The van der Waals surface area contributed by atoms with E-state index in [0.29, 0.717) is 12.8 Å². The molecule has 1 aliphatic heterocycles. The minimum Gasteiger partial charge on any atom is -0.462 e. The molecule has 0 spiro atoms. The van der Waals surface area contributed by atoms with Crippen LogP contribution in [0, 0.1) is 0 Å². The number of esters is 2. The first kappa shape index (κ1) is 49.7. The SMILES string of the molecule is CC/C=C\C/C=C\C/C=C\CCCCCCCC(=O)OC(COC(=O)CCCCCCC/C=C\CCCCCCC)COC1OC(CO)C(O)C(O)C1O. The van der Waals surface area contributed by atoms with Gasteiger partial charge < -0.3 is 39.4 Å². The molecule has 6 unspecified atom stereocenters. The van der Waals surface area contributed by atoms with Crippen LogP contribution in [-0.2, 0) is 28.5 Å². The maximum Gasteiger partial charge on any atom is 0.306 e. The third-order valence-electron chi connectivity index (χ3n) is 9.45. The number of rotatable bonds is 34. The molecule has 1 aliphatic rings. The van der Waals surface area contributed by atoms with Crippen molar-refractivity contribution in [1.29, 1.82) is 0 Å². The lowest BCUT2D eigenvalue weighted by atomic mass is 9.99. The number of aliphatic hydroxyl groups excluding tert-OH is 4. The van der Waals surface area contributed by atoms with Gasteiger partial charge in [-0.05, 0) is 70.6 Å². The van der Waals surface area contributed by atoms with E-state index >= 15 is 0 Å². The predicted molar refractivity (Wildman–Crippen MR) is 215 cm³/mol. The first-order valence-electron chi connectivity index (χ1n) is 21.2. The molecular weight excluding hydrogens is 688 g/mol. The molecule has 1 fully saturated rings. The zero-order chi connectivity index (χ0) is 39.5. The molecule has 0 radical (unpaired) electrons. The van der Waals surface area contributed by atoms with E-state index < -0.39 is 55.4 Å². The van der Waals surface area contributed by atoms with E-state index in [9.17, 15) is 30.0 Å². The van der Waals surface area contributed by atoms with Crippen molar-refractivity contribution < 1.29 is 49.0 Å². The van der Waals surface area contributed by atoms with Gasteiger partial charge in [-0.3, -0.25) is 9.59 Å². The molecule has 0 aromatic carbocycles. The highest BCUT2D eigenvalue weighted by Crippen LogP contribution is 2.22. The van der Waals surface area contributed by atoms with Crippen molar-refractivity contribution in [2.24, 2.45) is 0 Å². The summed E-state index contributed by atoms with van der Waals surface area (Å²) in [7, 11) is 0. The summed E-state index contributed by atoms with van der Waals surface area (Å²) >= 11 is 0. The molecular formula is C44H76O10. The number of unbranched alkanes of at least 4 members (excludes halogenated alkanes) is 15. The van der Waals surface area contributed by atoms with Crippen molar-refractivity contribution in [2.75, 3.05) is 19.8 Å². The van der Waals surface area contributed by atoms with Gasteiger partial charge in [-0.25, -0.2) is 0 Å². The van der Waals surface area contributed by atoms with Crippen LogP contribution in [0.3, 0.4) is 0 Å². The predicted octanol–water partition coefficient (Wildman–Crippen LogP) is 8.49. The minimum absolute atomic E-state index is 0.207. The highest BCUT2D eigenvalue weighted by molar-refractivity contribution is 5.70. The Morgan fingerprint density at radius 1 is 0.593 bits per heavy atom. The van der Waals surface area contributed by atoms with E-state index in [4.69, 9.17) is 18.9 Å². The Morgan fingerprint density at radius 3 is 1.67 bits per heavy atom. The lowest BCUT2D eigenvalue weighted by molar-refractivity contribution is -0.305. The molecule has 0 aromatic rings. The Bertz CT molecular complexity index is 1020. The maximum absolute atomic E-state index is 12.7. The van der Waals surface area contributed by atoms with E-state index in [1.54, 1.807) is 0 Å². The standard InChI is InChI=1S/C44H76O10/c1-3-5-7-9-11-13-15-17-19-21-23-25-27-29-31-33-40(47)53-37(36-52-44-43(50)42(49)41(48)38(34-45)54-44)35-51-39(46)32-30-28-26-24-22-20-18-16-14-12-10-8-6-4-2/h5,7,11,13,16-19,37-38,41-45,48-50H,3-4,6,8-10,12,14-15,20-36H2,1-2H3/b7-5-,13-11-,18-16-,19-17-. The second kappa shape index (κ2) is 35.1. The summed E-state index contributed by atoms with van der Waals surface area (Å²) in [5.41, 5.74) is 0. The van der Waals surface area contributed by atoms with E-state index in [2.05, 4.69) is 62.5 Å². The zero-order valence-corrected chi connectivity index (χ0v) is 33.7. The van der Waals surface area contributed by atoms with Crippen LogP contribution in [0.5, 0.6) is 0 Å². The molecule has 54 heavy (non-hydrogen) atoms. The van der Waals surface area contributed by atoms with Gasteiger partial charge in [0.25, 0.3) is 0 Å². The van der Waals surface area contributed by atoms with Crippen molar-refractivity contribution in [1.82, 2.24) is 0 Å². The van der Waals surface area contributed by atoms with E-state index in [1.165, 1.54) is 38.5 Å². The normalized spacial score (nSPS) is 21.2. The molecule has 4 N–H and O–H groups in total. The van der Waals surface area contributed by atoms with Crippen LogP contribution in [0.15, 0.2) is 48.6 Å². The molecule has 0 amide bonds. The van der Waals surface area contributed by atoms with E-state index in [0.717, 1.165) is 83.5 Å². The van der Waals surface area contributed by atoms with Crippen molar-refractivity contribution in [3.63, 3.8) is 0 Å². The first-order valence-corrected chi connectivity index (χ1v) is 21.2. The summed E-state index contributed by atoms with van der Waals surface area (Å²) in [5.74, 6) is -0.839. The fraction of sp³-hybridized carbons (Fsp3) is 0.773. The summed E-state index contributed by atoms with van der Waals surface area (Å²) in [6, 6.07) is 0. The third kappa shape index (κ3) is 26.5. The van der Waals surface area contributed by atoms with Gasteiger partial charge in [-0.1, -0.05) is 127 Å².